The first kappa shape index (κ1) is 22.3. The van der Waals surface area contributed by atoms with E-state index in [1.807, 2.05) is 11.0 Å². The minimum Gasteiger partial charge on any atom is -0.497 e. The van der Waals surface area contributed by atoms with Gasteiger partial charge < -0.3 is 19.7 Å². The standard InChI is InChI=1S/C23H25N5O5/c1-3-33-22(31)14-5-4-10-28(12-14)23-26-19-18(21(30)27-23)17(16(11-24)20(29)25-19)13-6-8-15(32-2)9-7-13/h6-9,14,16-17H,3-5,10,12H2,1-2H3,(H2,25,26,27,29,30). The second kappa shape index (κ2) is 9.32. The van der Waals surface area contributed by atoms with Crippen molar-refractivity contribution in [1.82, 2.24) is 9.97 Å². The smallest absolute Gasteiger partial charge is 0.310 e. The number of H-pyrrole nitrogens is 1. The molecule has 0 aliphatic carbocycles. The van der Waals surface area contributed by atoms with Crippen LogP contribution in [0.15, 0.2) is 29.1 Å². The third kappa shape index (κ3) is 4.26. The SMILES string of the molecule is CCOC(=O)C1CCCN(c2nc3c(c(=O)[nH]2)C(c2ccc(OC)cc2)C(C#N)C(=O)N3)C1. The van der Waals surface area contributed by atoms with Crippen molar-refractivity contribution in [2.24, 2.45) is 11.8 Å². The second-order valence-electron chi connectivity index (χ2n) is 8.04. The van der Waals surface area contributed by atoms with Gasteiger partial charge in [0.1, 0.15) is 17.5 Å². The molecule has 1 aromatic carbocycles. The molecule has 3 heterocycles. The Morgan fingerprint density at radius 2 is 2.06 bits per heavy atom. The molecule has 0 saturated carbocycles. The Labute approximate surface area is 190 Å². The maximum absolute atomic E-state index is 13.2. The fourth-order valence-corrected chi connectivity index (χ4v) is 4.44. The summed E-state index contributed by atoms with van der Waals surface area (Å²) >= 11 is 0. The molecule has 2 aliphatic rings. The van der Waals surface area contributed by atoms with Crippen molar-refractivity contribution < 1.29 is 19.1 Å². The number of nitrogens with zero attached hydrogens (tertiary/aromatic N) is 3. The molecular formula is C23H25N5O5. The molecule has 2 N–H and O–H groups in total. The van der Waals surface area contributed by atoms with Crippen LogP contribution in [0.1, 0.15) is 36.8 Å². The van der Waals surface area contributed by atoms with E-state index in [9.17, 15) is 19.6 Å². The van der Waals surface area contributed by atoms with Crippen LogP contribution in [-0.2, 0) is 14.3 Å². The van der Waals surface area contributed by atoms with Crippen LogP contribution in [0.5, 0.6) is 5.75 Å². The fraction of sp³-hybridized carbons (Fsp3) is 0.435. The molecule has 0 spiro atoms. The molecule has 2 aromatic rings. The fourth-order valence-electron chi connectivity index (χ4n) is 4.44. The predicted octanol–water partition coefficient (Wildman–Crippen LogP) is 1.78. The number of ether oxygens (including phenoxy) is 2. The molecule has 4 rings (SSSR count). The summed E-state index contributed by atoms with van der Waals surface area (Å²) in [6.45, 7) is 3.03. The van der Waals surface area contributed by atoms with Gasteiger partial charge in [-0.15, -0.1) is 0 Å². The number of aromatic amines is 1. The summed E-state index contributed by atoms with van der Waals surface area (Å²) in [7, 11) is 1.54. The number of fused-ring (bicyclic) bond motifs is 1. The quantitative estimate of drug-likeness (QED) is 0.656. The number of nitriles is 1. The predicted molar refractivity (Wildman–Crippen MR) is 119 cm³/mol. The van der Waals surface area contributed by atoms with E-state index in [1.54, 1.807) is 38.3 Å². The van der Waals surface area contributed by atoms with E-state index in [1.165, 1.54) is 0 Å². The molecule has 10 heteroatoms. The number of rotatable bonds is 5. The highest BCUT2D eigenvalue weighted by Gasteiger charge is 2.40. The highest BCUT2D eigenvalue weighted by molar-refractivity contribution is 5.98. The normalized spacial score (nSPS) is 22.0. The summed E-state index contributed by atoms with van der Waals surface area (Å²) in [4.78, 5) is 47.3. The summed E-state index contributed by atoms with van der Waals surface area (Å²) in [5, 5.41) is 12.3. The topological polar surface area (TPSA) is 137 Å². The van der Waals surface area contributed by atoms with Crippen molar-refractivity contribution in [2.75, 3.05) is 37.0 Å². The summed E-state index contributed by atoms with van der Waals surface area (Å²) in [5.41, 5.74) is 0.433. The number of esters is 1. The second-order valence-corrected chi connectivity index (χ2v) is 8.04. The van der Waals surface area contributed by atoms with Gasteiger partial charge in [0.15, 0.2) is 0 Å². The van der Waals surface area contributed by atoms with Crippen molar-refractivity contribution in [1.29, 1.82) is 5.26 Å². The van der Waals surface area contributed by atoms with Gasteiger partial charge >= 0.3 is 5.97 Å². The minimum absolute atomic E-state index is 0.129. The number of piperidine rings is 1. The van der Waals surface area contributed by atoms with Gasteiger partial charge in [0, 0.05) is 19.0 Å². The van der Waals surface area contributed by atoms with Crippen molar-refractivity contribution in [3.05, 3.63) is 45.7 Å². The number of nitrogens with one attached hydrogen (secondary N) is 2. The lowest BCUT2D eigenvalue weighted by molar-refractivity contribution is -0.148. The van der Waals surface area contributed by atoms with Gasteiger partial charge in [0.25, 0.3) is 5.56 Å². The molecular weight excluding hydrogens is 426 g/mol. The van der Waals surface area contributed by atoms with Gasteiger partial charge in [-0.25, -0.2) is 0 Å². The Morgan fingerprint density at radius 3 is 2.73 bits per heavy atom. The molecule has 10 nitrogen and oxygen atoms in total. The lowest BCUT2D eigenvalue weighted by Gasteiger charge is -2.33. The maximum Gasteiger partial charge on any atom is 0.310 e. The zero-order valence-electron chi connectivity index (χ0n) is 18.5. The zero-order chi connectivity index (χ0) is 23.5. The number of carbonyl (C=O) groups is 2. The van der Waals surface area contributed by atoms with E-state index in [-0.39, 0.29) is 29.2 Å². The molecule has 0 radical (unpaired) electrons. The molecule has 1 aromatic heterocycles. The Hall–Kier alpha value is -3.87. The third-order valence-corrected chi connectivity index (χ3v) is 6.07. The van der Waals surface area contributed by atoms with Gasteiger partial charge in [-0.1, -0.05) is 12.1 Å². The molecule has 33 heavy (non-hydrogen) atoms. The number of aromatic nitrogens is 2. The maximum atomic E-state index is 13.2. The number of methoxy groups -OCH3 is 1. The van der Waals surface area contributed by atoms with Crippen molar-refractivity contribution >= 4 is 23.6 Å². The van der Waals surface area contributed by atoms with Crippen molar-refractivity contribution in [2.45, 2.75) is 25.7 Å². The number of hydrogen-bond donors (Lipinski definition) is 2. The molecule has 1 saturated heterocycles. The van der Waals surface area contributed by atoms with Crippen LogP contribution in [0.2, 0.25) is 0 Å². The first-order valence-corrected chi connectivity index (χ1v) is 10.9. The average molecular weight is 451 g/mol. The van der Waals surface area contributed by atoms with Gasteiger partial charge in [-0.05, 0) is 37.5 Å². The van der Waals surface area contributed by atoms with E-state index in [2.05, 4.69) is 15.3 Å². The van der Waals surface area contributed by atoms with E-state index in [0.29, 0.717) is 37.4 Å². The van der Waals surface area contributed by atoms with Gasteiger partial charge in [-0.3, -0.25) is 19.4 Å². The lowest BCUT2D eigenvalue weighted by Crippen LogP contribution is -2.43. The summed E-state index contributed by atoms with van der Waals surface area (Å²) in [5.74, 6) is -1.93. The summed E-state index contributed by atoms with van der Waals surface area (Å²) in [6.07, 6.45) is 1.44. The average Bonchev–Trinajstić information content (AvgIpc) is 2.83. The van der Waals surface area contributed by atoms with Crippen molar-refractivity contribution in [3.63, 3.8) is 0 Å². The summed E-state index contributed by atoms with van der Waals surface area (Å²) < 4.78 is 10.3. The molecule has 1 amide bonds. The van der Waals surface area contributed by atoms with Crippen LogP contribution in [0.4, 0.5) is 11.8 Å². The minimum atomic E-state index is -1.08. The molecule has 3 atom stereocenters. The summed E-state index contributed by atoms with van der Waals surface area (Å²) in [6, 6.07) is 8.92. The largest absolute Gasteiger partial charge is 0.497 e. The van der Waals surface area contributed by atoms with Crippen LogP contribution in [0.25, 0.3) is 0 Å². The number of benzene rings is 1. The number of amides is 1. The van der Waals surface area contributed by atoms with Crippen LogP contribution in [0, 0.1) is 23.2 Å². The van der Waals surface area contributed by atoms with Gasteiger partial charge in [0.05, 0.1) is 31.3 Å². The third-order valence-electron chi connectivity index (χ3n) is 6.07. The Balaban J connectivity index is 1.71. The van der Waals surface area contributed by atoms with Crippen LogP contribution < -0.4 is 20.5 Å². The zero-order valence-corrected chi connectivity index (χ0v) is 18.5. The van der Waals surface area contributed by atoms with Crippen LogP contribution in [0.3, 0.4) is 0 Å². The number of anilines is 2. The Morgan fingerprint density at radius 1 is 1.30 bits per heavy atom. The van der Waals surface area contributed by atoms with Gasteiger partial charge in [-0.2, -0.15) is 10.2 Å². The van der Waals surface area contributed by atoms with Crippen LogP contribution in [-0.4, -0.2) is 48.7 Å². The first-order valence-electron chi connectivity index (χ1n) is 10.9. The first-order chi connectivity index (χ1) is 16.0. The monoisotopic (exact) mass is 451 g/mol. The molecule has 1 fully saturated rings. The highest BCUT2D eigenvalue weighted by Crippen LogP contribution is 2.38. The van der Waals surface area contributed by atoms with Crippen molar-refractivity contribution in [3.8, 4) is 11.8 Å². The molecule has 3 unspecified atom stereocenters. The Bertz CT molecular complexity index is 1150. The van der Waals surface area contributed by atoms with Crippen LogP contribution >= 0.6 is 0 Å². The number of carbonyl (C=O) groups excluding carboxylic acids is 2. The van der Waals surface area contributed by atoms with E-state index in [4.69, 9.17) is 9.47 Å². The molecule has 172 valence electrons. The molecule has 2 aliphatic heterocycles. The number of hydrogen-bond acceptors (Lipinski definition) is 8. The van der Waals surface area contributed by atoms with E-state index in [0.717, 1.165) is 6.42 Å². The highest BCUT2D eigenvalue weighted by atomic mass is 16.5. The van der Waals surface area contributed by atoms with E-state index >= 15 is 0 Å². The molecule has 0 bridgehead atoms. The Kier molecular flexibility index (Phi) is 6.31. The van der Waals surface area contributed by atoms with Gasteiger partial charge in [0.2, 0.25) is 11.9 Å². The van der Waals surface area contributed by atoms with E-state index < -0.39 is 23.3 Å². The lowest BCUT2D eigenvalue weighted by atomic mass is 9.79.